The Morgan fingerprint density at radius 1 is 1.27 bits per heavy atom. The van der Waals surface area contributed by atoms with Gasteiger partial charge in [0, 0.05) is 19.6 Å². The summed E-state index contributed by atoms with van der Waals surface area (Å²) in [5, 5.41) is 0. The zero-order chi connectivity index (χ0) is 11.3. The molecule has 1 aliphatic carbocycles. The molecular formula is C12H25N3. The molecule has 15 heavy (non-hydrogen) atoms. The molecule has 0 aromatic heterocycles. The Kier molecular flexibility index (Phi) is 4.43. The molecular weight excluding hydrogens is 186 g/mol. The molecule has 0 atom stereocenters. The summed E-state index contributed by atoms with van der Waals surface area (Å²) in [7, 11) is 0. The second kappa shape index (κ2) is 5.38. The Labute approximate surface area is 93.7 Å². The first-order valence-corrected chi connectivity index (χ1v) is 6.16. The third-order valence-corrected chi connectivity index (χ3v) is 3.52. The number of nitrogens with two attached hydrogens (primary N) is 1. The summed E-state index contributed by atoms with van der Waals surface area (Å²) in [4.78, 5) is 6.65. The highest BCUT2D eigenvalue weighted by molar-refractivity contribution is 5.78. The first kappa shape index (κ1) is 12.3. The van der Waals surface area contributed by atoms with Crippen LogP contribution >= 0.6 is 0 Å². The van der Waals surface area contributed by atoms with Gasteiger partial charge in [0.05, 0.1) is 0 Å². The van der Waals surface area contributed by atoms with E-state index in [1.807, 2.05) is 0 Å². The van der Waals surface area contributed by atoms with E-state index in [0.717, 1.165) is 19.6 Å². The fraction of sp³-hybridized carbons (Fsp3) is 0.917. The number of aliphatic imine (C=N–C) groups is 1. The van der Waals surface area contributed by atoms with Crippen molar-refractivity contribution >= 4 is 5.96 Å². The van der Waals surface area contributed by atoms with Crippen LogP contribution in [0.4, 0.5) is 0 Å². The molecule has 1 rings (SSSR count). The Hall–Kier alpha value is -0.730. The second-order valence-electron chi connectivity index (χ2n) is 4.86. The smallest absolute Gasteiger partial charge is 0.191 e. The fourth-order valence-electron chi connectivity index (χ4n) is 2.31. The molecule has 0 aromatic carbocycles. The molecule has 1 fully saturated rings. The van der Waals surface area contributed by atoms with Gasteiger partial charge >= 0.3 is 0 Å². The highest BCUT2D eigenvalue weighted by Crippen LogP contribution is 2.37. The van der Waals surface area contributed by atoms with Gasteiger partial charge in [-0.1, -0.05) is 19.8 Å². The maximum absolute atomic E-state index is 5.95. The van der Waals surface area contributed by atoms with Crippen molar-refractivity contribution in [3.63, 3.8) is 0 Å². The van der Waals surface area contributed by atoms with Crippen LogP contribution in [0.5, 0.6) is 0 Å². The summed E-state index contributed by atoms with van der Waals surface area (Å²) >= 11 is 0. The van der Waals surface area contributed by atoms with Crippen molar-refractivity contribution in [3.8, 4) is 0 Å². The lowest BCUT2D eigenvalue weighted by Gasteiger charge is -2.24. The van der Waals surface area contributed by atoms with Crippen molar-refractivity contribution in [3.05, 3.63) is 0 Å². The molecule has 0 unspecified atom stereocenters. The predicted octanol–water partition coefficient (Wildman–Crippen LogP) is 2.22. The summed E-state index contributed by atoms with van der Waals surface area (Å²) in [6, 6.07) is 0. The number of guanidine groups is 1. The molecule has 0 aliphatic heterocycles. The van der Waals surface area contributed by atoms with Crippen LogP contribution < -0.4 is 5.73 Å². The Morgan fingerprint density at radius 3 is 2.27 bits per heavy atom. The van der Waals surface area contributed by atoms with Gasteiger partial charge in [0.2, 0.25) is 0 Å². The number of nitrogens with zero attached hydrogens (tertiary/aromatic N) is 2. The van der Waals surface area contributed by atoms with Crippen molar-refractivity contribution < 1.29 is 0 Å². The van der Waals surface area contributed by atoms with E-state index in [2.05, 4.69) is 30.7 Å². The van der Waals surface area contributed by atoms with Crippen LogP contribution in [0, 0.1) is 5.41 Å². The second-order valence-corrected chi connectivity index (χ2v) is 4.86. The van der Waals surface area contributed by atoms with Crippen molar-refractivity contribution in [2.75, 3.05) is 19.6 Å². The molecule has 1 saturated carbocycles. The van der Waals surface area contributed by atoms with Gasteiger partial charge in [0.15, 0.2) is 5.96 Å². The number of rotatable bonds is 4. The summed E-state index contributed by atoms with van der Waals surface area (Å²) in [5.41, 5.74) is 6.37. The van der Waals surface area contributed by atoms with Gasteiger partial charge in [-0.2, -0.15) is 0 Å². The average Bonchev–Trinajstić information content (AvgIpc) is 2.65. The topological polar surface area (TPSA) is 41.6 Å². The molecule has 0 aromatic rings. The molecule has 1 aliphatic rings. The normalized spacial score (nSPS) is 20.6. The van der Waals surface area contributed by atoms with Crippen LogP contribution in [-0.2, 0) is 0 Å². The van der Waals surface area contributed by atoms with E-state index < -0.39 is 0 Å². The van der Waals surface area contributed by atoms with Gasteiger partial charge in [-0.05, 0) is 32.1 Å². The molecule has 0 bridgehead atoms. The van der Waals surface area contributed by atoms with Crippen molar-refractivity contribution in [2.24, 2.45) is 16.1 Å². The first-order chi connectivity index (χ1) is 7.11. The van der Waals surface area contributed by atoms with E-state index in [4.69, 9.17) is 5.73 Å². The third kappa shape index (κ3) is 3.40. The monoisotopic (exact) mass is 211 g/mol. The highest BCUT2D eigenvalue weighted by Gasteiger charge is 2.28. The molecule has 2 N–H and O–H groups in total. The zero-order valence-corrected chi connectivity index (χ0v) is 10.4. The van der Waals surface area contributed by atoms with E-state index >= 15 is 0 Å². The molecule has 0 heterocycles. The van der Waals surface area contributed by atoms with Crippen LogP contribution in [0.2, 0.25) is 0 Å². The zero-order valence-electron chi connectivity index (χ0n) is 10.4. The fourth-order valence-corrected chi connectivity index (χ4v) is 2.31. The van der Waals surface area contributed by atoms with Crippen molar-refractivity contribution in [1.82, 2.24) is 4.90 Å². The van der Waals surface area contributed by atoms with Gasteiger partial charge in [-0.15, -0.1) is 0 Å². The van der Waals surface area contributed by atoms with Crippen LogP contribution in [0.1, 0.15) is 46.5 Å². The summed E-state index contributed by atoms with van der Waals surface area (Å²) in [6.45, 7) is 9.35. The molecule has 88 valence electrons. The van der Waals surface area contributed by atoms with E-state index in [-0.39, 0.29) is 0 Å². The van der Waals surface area contributed by atoms with Crippen molar-refractivity contribution in [2.45, 2.75) is 46.5 Å². The van der Waals surface area contributed by atoms with Crippen molar-refractivity contribution in [1.29, 1.82) is 0 Å². The lowest BCUT2D eigenvalue weighted by Crippen LogP contribution is -2.37. The van der Waals surface area contributed by atoms with E-state index in [1.54, 1.807) is 0 Å². The minimum absolute atomic E-state index is 0.414. The van der Waals surface area contributed by atoms with Gasteiger partial charge in [-0.25, -0.2) is 0 Å². The largest absolute Gasteiger partial charge is 0.370 e. The lowest BCUT2D eigenvalue weighted by molar-refractivity contribution is 0.347. The Morgan fingerprint density at radius 2 is 1.80 bits per heavy atom. The predicted molar refractivity (Wildman–Crippen MR) is 66.0 cm³/mol. The summed E-state index contributed by atoms with van der Waals surface area (Å²) in [5.74, 6) is 0.716. The van der Waals surface area contributed by atoms with Gasteiger partial charge < -0.3 is 10.6 Å². The Bertz CT molecular complexity index is 213. The maximum atomic E-state index is 5.95. The van der Waals surface area contributed by atoms with Gasteiger partial charge in [0.25, 0.3) is 0 Å². The minimum Gasteiger partial charge on any atom is -0.370 e. The minimum atomic E-state index is 0.414. The summed E-state index contributed by atoms with van der Waals surface area (Å²) < 4.78 is 0. The number of hydrogen-bond acceptors (Lipinski definition) is 1. The average molecular weight is 211 g/mol. The molecule has 3 nitrogen and oxygen atoms in total. The van der Waals surface area contributed by atoms with E-state index in [9.17, 15) is 0 Å². The first-order valence-electron chi connectivity index (χ1n) is 6.16. The van der Waals surface area contributed by atoms with Crippen LogP contribution in [0.15, 0.2) is 4.99 Å². The van der Waals surface area contributed by atoms with Gasteiger partial charge in [0.1, 0.15) is 0 Å². The molecule has 0 amide bonds. The Balaban J connectivity index is 2.48. The standard InChI is InChI=1S/C12H25N3/c1-4-15(5-2)11(13)14-10-12(3)8-6-7-9-12/h4-10H2,1-3H3,(H2,13,14). The molecule has 0 saturated heterocycles. The molecule has 0 radical (unpaired) electrons. The van der Waals surface area contributed by atoms with E-state index in [1.165, 1.54) is 25.7 Å². The summed E-state index contributed by atoms with van der Waals surface area (Å²) in [6.07, 6.45) is 5.33. The van der Waals surface area contributed by atoms with Crippen LogP contribution in [0.25, 0.3) is 0 Å². The molecule has 3 heteroatoms. The van der Waals surface area contributed by atoms with Crippen LogP contribution in [0.3, 0.4) is 0 Å². The highest BCUT2D eigenvalue weighted by atomic mass is 15.2. The van der Waals surface area contributed by atoms with E-state index in [0.29, 0.717) is 11.4 Å². The van der Waals surface area contributed by atoms with Gasteiger partial charge in [-0.3, -0.25) is 4.99 Å². The third-order valence-electron chi connectivity index (χ3n) is 3.52. The maximum Gasteiger partial charge on any atom is 0.191 e. The quantitative estimate of drug-likeness (QED) is 0.572. The van der Waals surface area contributed by atoms with Crippen LogP contribution in [-0.4, -0.2) is 30.5 Å². The SMILES string of the molecule is CCN(CC)C(N)=NCC1(C)CCCC1. The molecule has 0 spiro atoms. The lowest BCUT2D eigenvalue weighted by atomic mass is 9.89. The number of hydrogen-bond donors (Lipinski definition) is 1.